The average Bonchev–Trinajstić information content (AvgIpc) is 2.15. The van der Waals surface area contributed by atoms with Gasteiger partial charge in [-0.05, 0) is 39.3 Å². The van der Waals surface area contributed by atoms with Crippen molar-refractivity contribution in [3.05, 3.63) is 23.9 Å². The van der Waals surface area contributed by atoms with E-state index < -0.39 is 11.7 Å². The minimum atomic E-state index is -0.506. The number of alkyl halides is 1. The van der Waals surface area contributed by atoms with Gasteiger partial charge in [-0.25, -0.2) is 9.78 Å². The van der Waals surface area contributed by atoms with E-state index in [2.05, 4.69) is 26.2 Å². The Morgan fingerprint density at radius 1 is 1.47 bits per heavy atom. The first kappa shape index (κ1) is 14.0. The monoisotopic (exact) mass is 300 g/mol. The fourth-order valence-corrected chi connectivity index (χ4v) is 1.39. The molecule has 1 heterocycles. The van der Waals surface area contributed by atoms with E-state index >= 15 is 0 Å². The number of halogens is 1. The first-order valence-electron chi connectivity index (χ1n) is 5.38. The van der Waals surface area contributed by atoms with Crippen molar-refractivity contribution >= 4 is 27.8 Å². The lowest BCUT2D eigenvalue weighted by Gasteiger charge is -2.19. The predicted octanol–water partition coefficient (Wildman–Crippen LogP) is 3.88. The van der Waals surface area contributed by atoms with Crippen molar-refractivity contribution in [1.82, 2.24) is 4.98 Å². The Morgan fingerprint density at radius 2 is 2.12 bits per heavy atom. The second-order valence-corrected chi connectivity index (χ2v) is 6.09. The van der Waals surface area contributed by atoms with Gasteiger partial charge < -0.3 is 4.74 Å². The Kier molecular flexibility index (Phi) is 4.51. The maximum absolute atomic E-state index is 11.5. The zero-order valence-electron chi connectivity index (χ0n) is 10.5. The lowest BCUT2D eigenvalue weighted by molar-refractivity contribution is 0.0635. The first-order chi connectivity index (χ1) is 7.78. The molecule has 0 aromatic carbocycles. The number of hydrogen-bond acceptors (Lipinski definition) is 3. The van der Waals surface area contributed by atoms with Crippen LogP contribution in [0.3, 0.4) is 0 Å². The van der Waals surface area contributed by atoms with E-state index in [9.17, 15) is 4.79 Å². The third-order valence-electron chi connectivity index (χ3n) is 1.87. The maximum atomic E-state index is 11.5. The Labute approximate surface area is 110 Å². The summed E-state index contributed by atoms with van der Waals surface area (Å²) in [6.07, 6.45) is 1.22. The minimum absolute atomic E-state index is 0.241. The molecule has 0 radical (unpaired) electrons. The lowest BCUT2D eigenvalue weighted by atomic mass is 10.2. The molecule has 1 rings (SSSR count). The van der Waals surface area contributed by atoms with Gasteiger partial charge in [-0.2, -0.15) is 0 Å². The summed E-state index contributed by atoms with van der Waals surface area (Å²) in [5, 5.41) is 2.58. The smallest absolute Gasteiger partial charge is 0.413 e. The number of hydrogen-bond donors (Lipinski definition) is 1. The molecule has 94 valence electrons. The summed E-state index contributed by atoms with van der Waals surface area (Å²) in [7, 11) is 0. The quantitative estimate of drug-likeness (QED) is 0.843. The highest BCUT2D eigenvalue weighted by molar-refractivity contribution is 9.09. The Bertz CT molecular complexity index is 382. The van der Waals surface area contributed by atoms with Crippen molar-refractivity contribution in [2.24, 2.45) is 0 Å². The van der Waals surface area contributed by atoms with Gasteiger partial charge in [0.05, 0.1) is 0 Å². The van der Waals surface area contributed by atoms with Crippen molar-refractivity contribution in [3.8, 4) is 0 Å². The van der Waals surface area contributed by atoms with E-state index in [0.29, 0.717) is 5.82 Å². The molecule has 0 fully saturated rings. The van der Waals surface area contributed by atoms with Gasteiger partial charge in [0, 0.05) is 11.0 Å². The normalized spacial score (nSPS) is 13.0. The highest BCUT2D eigenvalue weighted by atomic mass is 79.9. The second kappa shape index (κ2) is 5.49. The number of carbonyl (C=O) groups is 1. The molecule has 5 heteroatoms. The van der Waals surface area contributed by atoms with Gasteiger partial charge >= 0.3 is 6.09 Å². The van der Waals surface area contributed by atoms with E-state index in [1.54, 1.807) is 12.3 Å². The maximum Gasteiger partial charge on any atom is 0.413 e. The largest absolute Gasteiger partial charge is 0.444 e. The third-order valence-corrected chi connectivity index (χ3v) is 2.40. The summed E-state index contributed by atoms with van der Waals surface area (Å²) in [6, 6.07) is 3.65. The number of rotatable bonds is 2. The van der Waals surface area contributed by atoms with E-state index in [1.807, 2.05) is 33.8 Å². The number of amides is 1. The fourth-order valence-electron chi connectivity index (χ4n) is 1.12. The first-order valence-corrected chi connectivity index (χ1v) is 6.29. The molecule has 0 saturated carbocycles. The molecule has 1 amide bonds. The summed E-state index contributed by atoms with van der Waals surface area (Å²) >= 11 is 3.45. The van der Waals surface area contributed by atoms with Gasteiger partial charge in [0.2, 0.25) is 0 Å². The highest BCUT2D eigenvalue weighted by Crippen LogP contribution is 2.21. The van der Waals surface area contributed by atoms with Crippen LogP contribution in [0.5, 0.6) is 0 Å². The van der Waals surface area contributed by atoms with E-state index in [0.717, 1.165) is 5.56 Å². The van der Waals surface area contributed by atoms with E-state index in [1.165, 1.54) is 0 Å². The number of anilines is 1. The number of nitrogens with zero attached hydrogens (tertiary/aromatic N) is 1. The molecule has 0 bridgehead atoms. The van der Waals surface area contributed by atoms with E-state index in [4.69, 9.17) is 4.74 Å². The van der Waals surface area contributed by atoms with Gasteiger partial charge in [-0.3, -0.25) is 5.32 Å². The summed E-state index contributed by atoms with van der Waals surface area (Å²) in [6.45, 7) is 7.46. The molecule has 0 saturated heterocycles. The zero-order valence-corrected chi connectivity index (χ0v) is 12.0. The lowest BCUT2D eigenvalue weighted by Crippen LogP contribution is -2.27. The van der Waals surface area contributed by atoms with Crippen molar-refractivity contribution in [2.75, 3.05) is 5.32 Å². The SMILES string of the molecule is C[C@H](Br)c1ccc(NC(=O)OC(C)(C)C)nc1. The van der Waals surface area contributed by atoms with E-state index in [-0.39, 0.29) is 4.83 Å². The van der Waals surface area contributed by atoms with Crippen LogP contribution in [0.1, 0.15) is 38.1 Å². The number of aromatic nitrogens is 1. The van der Waals surface area contributed by atoms with Gasteiger partial charge in [0.15, 0.2) is 0 Å². The van der Waals surface area contributed by atoms with Gasteiger partial charge in [0.25, 0.3) is 0 Å². The Balaban J connectivity index is 2.61. The van der Waals surface area contributed by atoms with Gasteiger partial charge in [-0.1, -0.05) is 22.0 Å². The minimum Gasteiger partial charge on any atom is -0.444 e. The molecule has 0 aliphatic rings. The summed E-state index contributed by atoms with van der Waals surface area (Å²) in [5.41, 5.74) is 0.550. The third kappa shape index (κ3) is 5.17. The molecule has 1 atom stereocenters. The average molecular weight is 301 g/mol. The summed E-state index contributed by atoms with van der Waals surface area (Å²) in [4.78, 5) is 15.8. The molecule has 17 heavy (non-hydrogen) atoms. The van der Waals surface area contributed by atoms with Crippen LogP contribution >= 0.6 is 15.9 Å². The Hall–Kier alpha value is -1.10. The molecule has 1 aromatic heterocycles. The van der Waals surface area contributed by atoms with Crippen molar-refractivity contribution < 1.29 is 9.53 Å². The summed E-state index contributed by atoms with van der Waals surface area (Å²) in [5.74, 6) is 0.483. The molecule has 4 nitrogen and oxygen atoms in total. The van der Waals surface area contributed by atoms with Crippen LogP contribution in [0.25, 0.3) is 0 Å². The zero-order chi connectivity index (χ0) is 13.1. The number of pyridine rings is 1. The van der Waals surface area contributed by atoms with Crippen LogP contribution in [-0.4, -0.2) is 16.7 Å². The molecule has 0 unspecified atom stereocenters. The van der Waals surface area contributed by atoms with Crippen molar-refractivity contribution in [1.29, 1.82) is 0 Å². The molecule has 0 aliphatic carbocycles. The number of nitrogens with one attached hydrogen (secondary N) is 1. The molecule has 0 aliphatic heterocycles. The fraction of sp³-hybridized carbons (Fsp3) is 0.500. The predicted molar refractivity (Wildman–Crippen MR) is 71.4 cm³/mol. The topological polar surface area (TPSA) is 51.2 Å². The van der Waals surface area contributed by atoms with Crippen LogP contribution in [0, 0.1) is 0 Å². The molecule has 1 N–H and O–H groups in total. The molecular weight excluding hydrogens is 284 g/mol. The van der Waals surface area contributed by atoms with Crippen LogP contribution < -0.4 is 5.32 Å². The van der Waals surface area contributed by atoms with Crippen LogP contribution in [0.2, 0.25) is 0 Å². The molecular formula is C12H17BrN2O2. The molecule has 1 aromatic rings. The molecule has 0 spiro atoms. The summed E-state index contributed by atoms with van der Waals surface area (Å²) < 4.78 is 5.12. The second-order valence-electron chi connectivity index (χ2n) is 4.72. The van der Waals surface area contributed by atoms with Crippen molar-refractivity contribution in [2.45, 2.75) is 38.1 Å². The van der Waals surface area contributed by atoms with Crippen LogP contribution in [0.4, 0.5) is 10.6 Å². The number of carbonyl (C=O) groups excluding carboxylic acids is 1. The van der Waals surface area contributed by atoms with Gasteiger partial charge in [0.1, 0.15) is 11.4 Å². The van der Waals surface area contributed by atoms with Crippen molar-refractivity contribution in [3.63, 3.8) is 0 Å². The van der Waals surface area contributed by atoms with Crippen LogP contribution in [0.15, 0.2) is 18.3 Å². The van der Waals surface area contributed by atoms with Gasteiger partial charge in [-0.15, -0.1) is 0 Å². The standard InChI is InChI=1S/C12H17BrN2O2/c1-8(13)9-5-6-10(14-7-9)15-11(16)17-12(2,3)4/h5-8H,1-4H3,(H,14,15,16)/t8-/m0/s1. The van der Waals surface area contributed by atoms with Crippen LogP contribution in [-0.2, 0) is 4.74 Å². The Morgan fingerprint density at radius 3 is 2.53 bits per heavy atom. The number of ether oxygens (including phenoxy) is 1. The highest BCUT2D eigenvalue weighted by Gasteiger charge is 2.16.